The van der Waals surface area contributed by atoms with Crippen LogP contribution >= 0.6 is 11.6 Å². The summed E-state index contributed by atoms with van der Waals surface area (Å²) in [6, 6.07) is 12.5. The zero-order chi connectivity index (χ0) is 23.9. The van der Waals surface area contributed by atoms with Gasteiger partial charge in [0.25, 0.3) is 0 Å². The molecule has 1 amide bonds. The molecular formula is C24H21ClN6O2S. The van der Waals surface area contributed by atoms with E-state index in [0.717, 1.165) is 29.3 Å². The van der Waals surface area contributed by atoms with Gasteiger partial charge in [-0.1, -0.05) is 24.2 Å². The minimum absolute atomic E-state index is 0.0287. The Hall–Kier alpha value is -3.69. The molecule has 1 unspecified atom stereocenters. The SMILES string of the molecule is C=CC(=O)Nc1ccc2c(-c3nc(Nc4ccc(S(=N)(=O)C5CC5)cc4)ncc3Cl)c[nH]c2c1. The number of anilines is 3. The number of rotatable bonds is 7. The van der Waals surface area contributed by atoms with Crippen LogP contribution in [0.2, 0.25) is 5.02 Å². The second-order valence-corrected chi connectivity index (χ2v) is 10.7. The Kier molecular flexibility index (Phi) is 5.59. The molecule has 2 heterocycles. The second kappa shape index (κ2) is 8.58. The topological polar surface area (TPSA) is 124 Å². The second-order valence-electron chi connectivity index (χ2n) is 8.00. The average Bonchev–Trinajstić information content (AvgIpc) is 3.62. The van der Waals surface area contributed by atoms with Gasteiger partial charge < -0.3 is 15.6 Å². The molecule has 4 aromatic rings. The van der Waals surface area contributed by atoms with E-state index in [1.807, 2.05) is 12.1 Å². The van der Waals surface area contributed by atoms with Crippen LogP contribution in [0.15, 0.2) is 72.4 Å². The fraction of sp³-hybridized carbons (Fsp3) is 0.125. The lowest BCUT2D eigenvalue weighted by atomic mass is 10.1. The fourth-order valence-electron chi connectivity index (χ4n) is 3.67. The van der Waals surface area contributed by atoms with Crippen LogP contribution in [0.25, 0.3) is 22.2 Å². The molecule has 1 atom stereocenters. The molecule has 0 saturated heterocycles. The third-order valence-electron chi connectivity index (χ3n) is 5.59. The molecule has 0 spiro atoms. The van der Waals surface area contributed by atoms with Gasteiger partial charge in [-0.2, -0.15) is 0 Å². The molecule has 1 fully saturated rings. The highest BCUT2D eigenvalue weighted by molar-refractivity contribution is 7.93. The summed E-state index contributed by atoms with van der Waals surface area (Å²) in [7, 11) is -2.74. The number of carbonyl (C=O) groups excluding carboxylic acids is 1. The van der Waals surface area contributed by atoms with Crippen LogP contribution in [0, 0.1) is 4.78 Å². The Bertz CT molecular complexity index is 1530. The van der Waals surface area contributed by atoms with E-state index in [4.69, 9.17) is 16.4 Å². The largest absolute Gasteiger partial charge is 0.360 e. The molecule has 5 rings (SSSR count). The minimum Gasteiger partial charge on any atom is -0.360 e. The molecule has 1 aliphatic carbocycles. The van der Waals surface area contributed by atoms with Crippen LogP contribution in [-0.2, 0) is 14.5 Å². The number of halogens is 1. The molecule has 172 valence electrons. The lowest BCUT2D eigenvalue weighted by Crippen LogP contribution is -2.06. The maximum Gasteiger partial charge on any atom is 0.247 e. The molecular weight excluding hydrogens is 472 g/mol. The fourth-order valence-corrected chi connectivity index (χ4v) is 5.59. The molecule has 34 heavy (non-hydrogen) atoms. The highest BCUT2D eigenvalue weighted by Gasteiger charge is 2.33. The molecule has 10 heteroatoms. The third kappa shape index (κ3) is 4.27. The molecule has 1 saturated carbocycles. The molecule has 0 radical (unpaired) electrons. The number of nitrogens with zero attached hydrogens (tertiary/aromatic N) is 2. The van der Waals surface area contributed by atoms with E-state index in [1.54, 1.807) is 36.5 Å². The van der Waals surface area contributed by atoms with Crippen molar-refractivity contribution in [1.82, 2.24) is 15.0 Å². The first-order chi connectivity index (χ1) is 16.3. The lowest BCUT2D eigenvalue weighted by Gasteiger charge is -2.10. The van der Waals surface area contributed by atoms with Crippen molar-refractivity contribution < 1.29 is 9.00 Å². The van der Waals surface area contributed by atoms with Crippen molar-refractivity contribution in [3.05, 3.63) is 72.5 Å². The zero-order valence-electron chi connectivity index (χ0n) is 18.0. The number of benzene rings is 2. The molecule has 2 aromatic heterocycles. The van der Waals surface area contributed by atoms with E-state index < -0.39 is 9.73 Å². The Labute approximate surface area is 201 Å². The van der Waals surface area contributed by atoms with Gasteiger partial charge in [0, 0.05) is 44.2 Å². The summed E-state index contributed by atoms with van der Waals surface area (Å²) in [5, 5.41) is 7.13. The summed E-state index contributed by atoms with van der Waals surface area (Å²) in [4.78, 5) is 24.2. The zero-order valence-corrected chi connectivity index (χ0v) is 19.5. The highest BCUT2D eigenvalue weighted by atomic mass is 35.5. The van der Waals surface area contributed by atoms with Crippen LogP contribution in [0.5, 0.6) is 0 Å². The lowest BCUT2D eigenvalue weighted by molar-refractivity contribution is -0.111. The smallest absolute Gasteiger partial charge is 0.247 e. The van der Waals surface area contributed by atoms with E-state index in [-0.39, 0.29) is 11.2 Å². The summed E-state index contributed by atoms with van der Waals surface area (Å²) in [5.74, 6) is 0.0662. The van der Waals surface area contributed by atoms with Crippen LogP contribution in [0.3, 0.4) is 0 Å². The summed E-state index contributed by atoms with van der Waals surface area (Å²) < 4.78 is 20.8. The number of aromatic amines is 1. The third-order valence-corrected chi connectivity index (χ3v) is 8.25. The Morgan fingerprint density at radius 2 is 1.94 bits per heavy atom. The normalized spacial score (nSPS) is 15.0. The van der Waals surface area contributed by atoms with Gasteiger partial charge in [-0.25, -0.2) is 19.0 Å². The van der Waals surface area contributed by atoms with Crippen molar-refractivity contribution in [1.29, 1.82) is 4.78 Å². The highest BCUT2D eigenvalue weighted by Crippen LogP contribution is 2.35. The van der Waals surface area contributed by atoms with Crippen molar-refractivity contribution in [3.63, 3.8) is 0 Å². The van der Waals surface area contributed by atoms with Crippen molar-refractivity contribution in [2.75, 3.05) is 10.6 Å². The molecule has 8 nitrogen and oxygen atoms in total. The predicted octanol–water partition coefficient (Wildman–Crippen LogP) is 5.71. The first-order valence-electron chi connectivity index (χ1n) is 10.6. The van der Waals surface area contributed by atoms with E-state index >= 15 is 0 Å². The maximum atomic E-state index is 12.6. The Balaban J connectivity index is 1.41. The quantitative estimate of drug-likeness (QED) is 0.246. The standard InChI is InChI=1S/C24H21ClN6O2S/c1-2-22(32)29-15-5-10-18-19(12-27-21(18)11-15)23-20(25)13-28-24(31-23)30-14-3-6-16(7-4-14)34(26,33)17-8-9-17/h2-7,10-13,17,26-27H,1,8-9H2,(H,29,32)(H,28,30,31). The number of amides is 1. The average molecular weight is 493 g/mol. The van der Waals surface area contributed by atoms with E-state index in [1.165, 1.54) is 12.3 Å². The minimum atomic E-state index is -2.74. The first-order valence-corrected chi connectivity index (χ1v) is 12.6. The van der Waals surface area contributed by atoms with Crippen molar-refractivity contribution in [2.45, 2.75) is 23.0 Å². The molecule has 0 aliphatic heterocycles. The van der Waals surface area contributed by atoms with Crippen LogP contribution < -0.4 is 10.6 Å². The van der Waals surface area contributed by atoms with E-state index in [0.29, 0.717) is 32.9 Å². The summed E-state index contributed by atoms with van der Waals surface area (Å²) in [6.07, 6.45) is 6.25. The number of carbonyl (C=O) groups is 1. The number of fused-ring (bicyclic) bond motifs is 1. The molecule has 4 N–H and O–H groups in total. The van der Waals surface area contributed by atoms with Gasteiger partial charge in [-0.15, -0.1) is 0 Å². The van der Waals surface area contributed by atoms with Gasteiger partial charge in [0.05, 0.1) is 26.6 Å². The number of aromatic nitrogens is 3. The Morgan fingerprint density at radius 1 is 1.21 bits per heavy atom. The predicted molar refractivity (Wildman–Crippen MR) is 135 cm³/mol. The van der Waals surface area contributed by atoms with Gasteiger partial charge in [-0.05, 0) is 55.3 Å². The summed E-state index contributed by atoms with van der Waals surface area (Å²) >= 11 is 6.43. The van der Waals surface area contributed by atoms with Gasteiger partial charge >= 0.3 is 0 Å². The molecule has 2 aromatic carbocycles. The van der Waals surface area contributed by atoms with Crippen LogP contribution in [0.4, 0.5) is 17.3 Å². The number of H-pyrrole nitrogens is 1. The summed E-state index contributed by atoms with van der Waals surface area (Å²) in [5.41, 5.74) is 3.51. The van der Waals surface area contributed by atoms with Gasteiger partial charge in [0.15, 0.2) is 0 Å². The number of hydrogen-bond donors (Lipinski definition) is 4. The van der Waals surface area contributed by atoms with Gasteiger partial charge in [0.2, 0.25) is 11.9 Å². The van der Waals surface area contributed by atoms with E-state index in [9.17, 15) is 9.00 Å². The maximum absolute atomic E-state index is 12.6. The van der Waals surface area contributed by atoms with E-state index in [2.05, 4.69) is 32.2 Å². The summed E-state index contributed by atoms with van der Waals surface area (Å²) in [6.45, 7) is 3.46. The Morgan fingerprint density at radius 3 is 2.65 bits per heavy atom. The van der Waals surface area contributed by atoms with Crippen LogP contribution in [0.1, 0.15) is 12.8 Å². The van der Waals surface area contributed by atoms with Gasteiger partial charge in [0.1, 0.15) is 0 Å². The van der Waals surface area contributed by atoms with Gasteiger partial charge in [-0.3, -0.25) is 4.79 Å². The van der Waals surface area contributed by atoms with Crippen molar-refractivity contribution in [2.24, 2.45) is 0 Å². The van der Waals surface area contributed by atoms with Crippen LogP contribution in [-0.4, -0.2) is 30.3 Å². The molecule has 0 bridgehead atoms. The molecule has 1 aliphatic rings. The number of nitrogens with one attached hydrogen (secondary N) is 4. The van der Waals surface area contributed by atoms with Crippen molar-refractivity contribution in [3.8, 4) is 11.3 Å². The monoisotopic (exact) mass is 492 g/mol. The van der Waals surface area contributed by atoms with Crippen molar-refractivity contribution >= 4 is 55.5 Å². The first kappa shape index (κ1) is 22.1. The number of hydrogen-bond acceptors (Lipinski definition) is 6.